The molecule has 1 aliphatic heterocycles. The van der Waals surface area contributed by atoms with Gasteiger partial charge in [-0.25, -0.2) is 4.39 Å². The van der Waals surface area contributed by atoms with E-state index in [1.165, 1.54) is 6.07 Å². The van der Waals surface area contributed by atoms with Crippen molar-refractivity contribution in [1.82, 2.24) is 5.32 Å². The summed E-state index contributed by atoms with van der Waals surface area (Å²) in [4.78, 5) is 0.762. The molecule has 0 fully saturated rings. The van der Waals surface area contributed by atoms with Gasteiger partial charge in [0.2, 0.25) is 0 Å². The number of thioether (sulfide) groups is 1. The molecule has 0 radical (unpaired) electrons. The summed E-state index contributed by atoms with van der Waals surface area (Å²) < 4.78 is 25.2. The number of hydrogen-bond donors (Lipinski definition) is 1. The molecule has 1 atom stereocenters. The summed E-state index contributed by atoms with van der Waals surface area (Å²) in [7, 11) is 1.61. The first-order valence-electron chi connectivity index (χ1n) is 9.04. The molecule has 0 amide bonds. The maximum Gasteiger partial charge on any atom is 0.161 e. The highest BCUT2D eigenvalue weighted by atomic mass is 32.2. The molecule has 3 rings (SSSR count). The molecule has 1 unspecified atom stereocenters. The van der Waals surface area contributed by atoms with Crippen LogP contribution in [0.5, 0.6) is 11.5 Å². The van der Waals surface area contributed by atoms with Crippen LogP contribution in [0.25, 0.3) is 0 Å². The second kappa shape index (κ2) is 9.63. The lowest BCUT2D eigenvalue weighted by atomic mass is 10.0. The van der Waals surface area contributed by atoms with Gasteiger partial charge in [0.1, 0.15) is 5.82 Å². The number of benzene rings is 2. The van der Waals surface area contributed by atoms with E-state index in [0.717, 1.165) is 28.2 Å². The molecule has 0 aromatic heterocycles. The predicted molar refractivity (Wildman–Crippen MR) is 105 cm³/mol. The van der Waals surface area contributed by atoms with E-state index in [4.69, 9.17) is 14.7 Å². The van der Waals surface area contributed by atoms with E-state index < -0.39 is 0 Å². The van der Waals surface area contributed by atoms with Crippen LogP contribution in [0.2, 0.25) is 0 Å². The maximum atomic E-state index is 14.0. The third-order valence-corrected chi connectivity index (χ3v) is 5.66. The fraction of sp³-hybridized carbons (Fsp3) is 0.381. The van der Waals surface area contributed by atoms with Gasteiger partial charge in [0.15, 0.2) is 11.5 Å². The zero-order chi connectivity index (χ0) is 19.1. The number of ether oxygens (including phenoxy) is 2. The lowest BCUT2D eigenvalue weighted by Crippen LogP contribution is -2.24. The summed E-state index contributed by atoms with van der Waals surface area (Å²) in [6, 6.07) is 13.4. The number of nitrogens with one attached hydrogen (secondary N) is 1. The van der Waals surface area contributed by atoms with Crippen molar-refractivity contribution in [2.75, 3.05) is 19.5 Å². The highest BCUT2D eigenvalue weighted by Crippen LogP contribution is 2.38. The van der Waals surface area contributed by atoms with E-state index in [1.54, 1.807) is 24.9 Å². The second-order valence-corrected chi connectivity index (χ2v) is 7.43. The standard InChI is InChI=1S/C21H23FN2O2S/c1-25-19-8-7-15(13-20(19)26-11-3-2-10-23)14-24-18-9-12-27-21-16(18)5-4-6-17(21)22/h4-8,13,18,24H,2-3,9,11-12,14H2,1H3. The number of nitrogens with zero attached hydrogens (tertiary/aromatic N) is 1. The highest BCUT2D eigenvalue weighted by molar-refractivity contribution is 7.99. The number of halogens is 1. The lowest BCUT2D eigenvalue weighted by molar-refractivity contribution is 0.290. The van der Waals surface area contributed by atoms with Crippen LogP contribution in [-0.2, 0) is 6.54 Å². The van der Waals surface area contributed by atoms with Gasteiger partial charge in [-0.15, -0.1) is 11.8 Å². The van der Waals surface area contributed by atoms with E-state index in [0.29, 0.717) is 37.5 Å². The van der Waals surface area contributed by atoms with Gasteiger partial charge in [-0.3, -0.25) is 0 Å². The molecule has 27 heavy (non-hydrogen) atoms. The Hall–Kier alpha value is -2.23. The molecule has 1 N–H and O–H groups in total. The summed E-state index contributed by atoms with van der Waals surface area (Å²) in [6.07, 6.45) is 2.12. The maximum absolute atomic E-state index is 14.0. The lowest BCUT2D eigenvalue weighted by Gasteiger charge is -2.26. The average molecular weight is 386 g/mol. The Morgan fingerprint density at radius 2 is 2.19 bits per heavy atom. The Bertz CT molecular complexity index is 822. The van der Waals surface area contributed by atoms with Crippen molar-refractivity contribution in [3.63, 3.8) is 0 Å². The SMILES string of the molecule is COc1ccc(CNC2CCSc3c(F)cccc32)cc1OCCCC#N. The number of hydrogen-bond acceptors (Lipinski definition) is 5. The smallest absolute Gasteiger partial charge is 0.161 e. The molecule has 0 spiro atoms. The van der Waals surface area contributed by atoms with Gasteiger partial charge in [-0.05, 0) is 47.9 Å². The average Bonchev–Trinajstić information content (AvgIpc) is 2.70. The summed E-state index contributed by atoms with van der Waals surface area (Å²) in [5, 5.41) is 12.2. The Labute approximate surface area is 163 Å². The van der Waals surface area contributed by atoms with Crippen LogP contribution in [0.3, 0.4) is 0 Å². The molecule has 1 heterocycles. The zero-order valence-electron chi connectivity index (χ0n) is 15.3. The zero-order valence-corrected chi connectivity index (χ0v) is 16.2. The fourth-order valence-corrected chi connectivity index (χ4v) is 4.26. The number of rotatable bonds is 8. The van der Waals surface area contributed by atoms with Gasteiger partial charge in [0, 0.05) is 23.9 Å². The molecule has 1 aliphatic rings. The van der Waals surface area contributed by atoms with E-state index in [1.807, 2.05) is 24.3 Å². The Kier molecular flexibility index (Phi) is 6.97. The van der Waals surface area contributed by atoms with Gasteiger partial charge in [-0.1, -0.05) is 18.2 Å². The van der Waals surface area contributed by atoms with Crippen LogP contribution in [0, 0.1) is 17.1 Å². The molecule has 0 aliphatic carbocycles. The third-order valence-electron chi connectivity index (χ3n) is 4.50. The molecule has 2 aromatic rings. The minimum absolute atomic E-state index is 0.137. The summed E-state index contributed by atoms with van der Waals surface area (Å²) >= 11 is 1.59. The normalized spacial score (nSPS) is 15.7. The number of unbranched alkanes of at least 4 members (excludes halogenated alkanes) is 1. The van der Waals surface area contributed by atoms with Crippen molar-refractivity contribution in [2.45, 2.75) is 36.7 Å². The molecule has 2 aromatic carbocycles. The molecule has 6 heteroatoms. The molecule has 142 valence electrons. The minimum atomic E-state index is -0.137. The van der Waals surface area contributed by atoms with Crippen LogP contribution in [0.15, 0.2) is 41.3 Å². The number of fused-ring (bicyclic) bond motifs is 1. The van der Waals surface area contributed by atoms with Crippen LogP contribution in [-0.4, -0.2) is 19.5 Å². The Balaban J connectivity index is 1.66. The molecule has 4 nitrogen and oxygen atoms in total. The topological polar surface area (TPSA) is 54.3 Å². The fourth-order valence-electron chi connectivity index (χ4n) is 3.12. The van der Waals surface area contributed by atoms with Crippen molar-refractivity contribution in [3.05, 3.63) is 53.3 Å². The van der Waals surface area contributed by atoms with Gasteiger partial charge in [0.05, 0.1) is 19.8 Å². The van der Waals surface area contributed by atoms with Gasteiger partial charge in [-0.2, -0.15) is 5.26 Å². The van der Waals surface area contributed by atoms with Crippen molar-refractivity contribution in [3.8, 4) is 17.6 Å². The highest BCUT2D eigenvalue weighted by Gasteiger charge is 2.22. The number of methoxy groups -OCH3 is 1. The first-order valence-corrected chi connectivity index (χ1v) is 10.0. The molecular weight excluding hydrogens is 363 g/mol. The molecular formula is C21H23FN2O2S. The quantitative estimate of drug-likeness (QED) is 0.658. The van der Waals surface area contributed by atoms with E-state index in [9.17, 15) is 4.39 Å². The largest absolute Gasteiger partial charge is 0.493 e. The van der Waals surface area contributed by atoms with E-state index >= 15 is 0 Å². The van der Waals surface area contributed by atoms with Crippen LogP contribution < -0.4 is 14.8 Å². The summed E-state index contributed by atoms with van der Waals surface area (Å²) in [6.45, 7) is 1.14. The monoisotopic (exact) mass is 386 g/mol. The van der Waals surface area contributed by atoms with Crippen LogP contribution in [0.4, 0.5) is 4.39 Å². The third kappa shape index (κ3) is 4.94. The van der Waals surface area contributed by atoms with Gasteiger partial charge >= 0.3 is 0 Å². The van der Waals surface area contributed by atoms with Crippen molar-refractivity contribution in [1.29, 1.82) is 5.26 Å². The summed E-state index contributed by atoms with van der Waals surface area (Å²) in [5.41, 5.74) is 2.11. The van der Waals surface area contributed by atoms with Gasteiger partial charge in [0.25, 0.3) is 0 Å². The first-order chi connectivity index (χ1) is 13.2. The van der Waals surface area contributed by atoms with Crippen molar-refractivity contribution in [2.24, 2.45) is 0 Å². The Morgan fingerprint density at radius 3 is 3.00 bits per heavy atom. The molecule has 0 saturated heterocycles. The van der Waals surface area contributed by atoms with Gasteiger partial charge < -0.3 is 14.8 Å². The van der Waals surface area contributed by atoms with Crippen LogP contribution >= 0.6 is 11.8 Å². The summed E-state index contributed by atoms with van der Waals surface area (Å²) in [5.74, 6) is 2.13. The number of nitriles is 1. The van der Waals surface area contributed by atoms with E-state index in [-0.39, 0.29) is 11.9 Å². The second-order valence-electron chi connectivity index (χ2n) is 6.32. The van der Waals surface area contributed by atoms with Crippen molar-refractivity contribution < 1.29 is 13.9 Å². The van der Waals surface area contributed by atoms with E-state index in [2.05, 4.69) is 11.4 Å². The first kappa shape index (κ1) is 19.5. The Morgan fingerprint density at radius 1 is 1.30 bits per heavy atom. The molecule has 0 saturated carbocycles. The predicted octanol–water partition coefficient (Wildman–Crippen LogP) is 4.84. The molecule has 0 bridgehead atoms. The minimum Gasteiger partial charge on any atom is -0.493 e. The van der Waals surface area contributed by atoms with Crippen LogP contribution in [0.1, 0.15) is 36.4 Å². The van der Waals surface area contributed by atoms with Crippen molar-refractivity contribution >= 4 is 11.8 Å².